The summed E-state index contributed by atoms with van der Waals surface area (Å²) in [5.41, 5.74) is 2.48. The quantitative estimate of drug-likeness (QED) is 0.549. The fourth-order valence-electron chi connectivity index (χ4n) is 3.15. The molecule has 0 fully saturated rings. The molecule has 11 heteroatoms. The van der Waals surface area contributed by atoms with Crippen LogP contribution in [0.4, 0.5) is 13.2 Å². The number of nitrogens with zero attached hydrogens (tertiary/aromatic N) is 1. The Hall–Kier alpha value is -3.18. The van der Waals surface area contributed by atoms with E-state index in [0.29, 0.717) is 5.56 Å². The standard InChI is InChI=1S/C19H19N3O2S.C2HF3O2/c1-22-7-6-13-9-16(25-17(13)11-22)19(24)20-10-14-8-12-4-2-3-5-15(12)21-18(14)23;3-2(4,5)1(6)7/h2-5,8-9H,6-7,10-11H2,1H3,(H,20,24)(H,21,23);(H,6,7). The number of hydrogen-bond acceptors (Lipinski definition) is 5. The van der Waals surface area contributed by atoms with Crippen molar-refractivity contribution < 1.29 is 27.9 Å². The van der Waals surface area contributed by atoms with E-state index in [4.69, 9.17) is 9.90 Å². The fourth-order valence-corrected chi connectivity index (χ4v) is 4.35. The van der Waals surface area contributed by atoms with Crippen molar-refractivity contribution in [1.29, 1.82) is 0 Å². The van der Waals surface area contributed by atoms with Crippen LogP contribution in [0.25, 0.3) is 10.9 Å². The maximum atomic E-state index is 12.5. The highest BCUT2D eigenvalue weighted by Crippen LogP contribution is 2.27. The highest BCUT2D eigenvalue weighted by molar-refractivity contribution is 7.14. The molecule has 0 radical (unpaired) electrons. The number of aliphatic carboxylic acids is 1. The van der Waals surface area contributed by atoms with Gasteiger partial charge in [-0.15, -0.1) is 11.3 Å². The number of hydrogen-bond donors (Lipinski definition) is 3. The van der Waals surface area contributed by atoms with Crippen LogP contribution in [0.3, 0.4) is 0 Å². The first-order valence-corrected chi connectivity index (χ1v) is 10.4. The van der Waals surface area contributed by atoms with E-state index >= 15 is 0 Å². The summed E-state index contributed by atoms with van der Waals surface area (Å²) in [4.78, 5) is 40.6. The van der Waals surface area contributed by atoms with E-state index in [2.05, 4.69) is 22.2 Å². The predicted octanol–water partition coefficient (Wildman–Crippen LogP) is 3.14. The summed E-state index contributed by atoms with van der Waals surface area (Å²) in [5.74, 6) is -2.87. The number of amides is 1. The summed E-state index contributed by atoms with van der Waals surface area (Å²) in [6.45, 7) is 2.15. The number of alkyl halides is 3. The van der Waals surface area contributed by atoms with Crippen molar-refractivity contribution in [1.82, 2.24) is 15.2 Å². The molecule has 3 N–H and O–H groups in total. The minimum atomic E-state index is -5.08. The Labute approximate surface area is 184 Å². The molecule has 1 amide bonds. The van der Waals surface area contributed by atoms with Crippen LogP contribution in [0.1, 0.15) is 25.7 Å². The van der Waals surface area contributed by atoms with Gasteiger partial charge in [-0.25, -0.2) is 4.79 Å². The molecule has 0 unspecified atom stereocenters. The SMILES string of the molecule is CN1CCc2cc(C(=O)NCc3cc4ccccc4[nH]c3=O)sc2C1.O=C(O)C(F)(F)F. The molecule has 170 valence electrons. The van der Waals surface area contributed by atoms with Gasteiger partial charge in [0.2, 0.25) is 0 Å². The van der Waals surface area contributed by atoms with E-state index in [1.54, 1.807) is 11.3 Å². The van der Waals surface area contributed by atoms with Crippen molar-refractivity contribution in [3.05, 3.63) is 67.6 Å². The molecule has 0 aliphatic carbocycles. The summed E-state index contributed by atoms with van der Waals surface area (Å²) >= 11 is 1.55. The maximum absolute atomic E-state index is 12.5. The van der Waals surface area contributed by atoms with Crippen LogP contribution in [-0.4, -0.2) is 46.6 Å². The molecule has 0 saturated carbocycles. The van der Waals surface area contributed by atoms with Gasteiger partial charge < -0.3 is 20.3 Å². The Morgan fingerprint density at radius 1 is 1.25 bits per heavy atom. The third-order valence-corrected chi connectivity index (χ3v) is 5.97. The van der Waals surface area contributed by atoms with Crippen LogP contribution in [0.5, 0.6) is 0 Å². The molecule has 1 aromatic carbocycles. The number of aromatic nitrogens is 1. The molecule has 1 aliphatic heterocycles. The van der Waals surface area contributed by atoms with Gasteiger partial charge in [-0.05, 0) is 42.6 Å². The molecule has 2 aromatic heterocycles. The maximum Gasteiger partial charge on any atom is 0.490 e. The van der Waals surface area contributed by atoms with Crippen LogP contribution < -0.4 is 10.9 Å². The van der Waals surface area contributed by atoms with Gasteiger partial charge in [-0.1, -0.05) is 18.2 Å². The lowest BCUT2D eigenvalue weighted by Crippen LogP contribution is -2.26. The van der Waals surface area contributed by atoms with Crippen LogP contribution in [0, 0.1) is 0 Å². The minimum absolute atomic E-state index is 0.116. The average Bonchev–Trinajstić information content (AvgIpc) is 3.15. The number of carbonyl (C=O) groups excluding carboxylic acids is 1. The molecule has 7 nitrogen and oxygen atoms in total. The lowest BCUT2D eigenvalue weighted by atomic mass is 10.1. The summed E-state index contributed by atoms with van der Waals surface area (Å²) in [6, 6.07) is 11.5. The molecule has 32 heavy (non-hydrogen) atoms. The van der Waals surface area contributed by atoms with Crippen molar-refractivity contribution >= 4 is 34.1 Å². The van der Waals surface area contributed by atoms with Crippen LogP contribution in [0.15, 0.2) is 41.2 Å². The van der Waals surface area contributed by atoms with Gasteiger partial charge in [0.05, 0.1) is 4.88 Å². The Morgan fingerprint density at radius 3 is 2.62 bits per heavy atom. The van der Waals surface area contributed by atoms with E-state index in [0.717, 1.165) is 35.3 Å². The molecule has 0 atom stereocenters. The van der Waals surface area contributed by atoms with Gasteiger partial charge in [-0.2, -0.15) is 13.2 Å². The number of nitrogens with one attached hydrogen (secondary N) is 2. The lowest BCUT2D eigenvalue weighted by Gasteiger charge is -2.21. The zero-order valence-corrected chi connectivity index (χ0v) is 17.8. The number of thiophene rings is 1. The first kappa shape index (κ1) is 23.5. The predicted molar refractivity (Wildman–Crippen MR) is 114 cm³/mol. The Bertz CT molecular complexity index is 1200. The van der Waals surface area contributed by atoms with Crippen LogP contribution >= 0.6 is 11.3 Å². The summed E-state index contributed by atoms with van der Waals surface area (Å²) in [7, 11) is 2.09. The van der Waals surface area contributed by atoms with Gasteiger partial charge in [0.25, 0.3) is 11.5 Å². The van der Waals surface area contributed by atoms with Crippen LogP contribution in [-0.2, 0) is 24.3 Å². The Kier molecular flexibility index (Phi) is 6.99. The van der Waals surface area contributed by atoms with Gasteiger partial charge >= 0.3 is 12.1 Å². The van der Waals surface area contributed by atoms with E-state index in [-0.39, 0.29) is 18.0 Å². The smallest absolute Gasteiger partial charge is 0.475 e. The fraction of sp³-hybridized carbons (Fsp3) is 0.286. The molecule has 0 spiro atoms. The summed E-state index contributed by atoms with van der Waals surface area (Å²) < 4.78 is 31.7. The number of likely N-dealkylation sites (N-methyl/N-ethyl adjacent to an activating group) is 1. The molecule has 3 heterocycles. The number of benzene rings is 1. The first-order valence-electron chi connectivity index (χ1n) is 9.54. The molecular weight excluding hydrogens is 447 g/mol. The van der Waals surface area contributed by atoms with Crippen molar-refractivity contribution in [2.45, 2.75) is 25.7 Å². The van der Waals surface area contributed by atoms with Gasteiger partial charge in [0.15, 0.2) is 0 Å². The van der Waals surface area contributed by atoms with Gasteiger partial charge in [0, 0.05) is 35.6 Å². The number of rotatable bonds is 3. The van der Waals surface area contributed by atoms with Gasteiger partial charge in [0.1, 0.15) is 0 Å². The second kappa shape index (κ2) is 9.53. The first-order chi connectivity index (χ1) is 15.0. The molecule has 0 saturated heterocycles. The van der Waals surface area contributed by atoms with Crippen molar-refractivity contribution in [2.24, 2.45) is 0 Å². The third-order valence-electron chi connectivity index (χ3n) is 4.81. The van der Waals surface area contributed by atoms with Crippen molar-refractivity contribution in [3.63, 3.8) is 0 Å². The second-order valence-corrected chi connectivity index (χ2v) is 8.38. The second-order valence-electron chi connectivity index (χ2n) is 7.24. The molecule has 1 aliphatic rings. The minimum Gasteiger partial charge on any atom is -0.475 e. The lowest BCUT2D eigenvalue weighted by molar-refractivity contribution is -0.192. The highest BCUT2D eigenvalue weighted by Gasteiger charge is 2.38. The number of carboxylic acids is 1. The number of halogens is 3. The number of aromatic amines is 1. The summed E-state index contributed by atoms with van der Waals surface area (Å²) in [6.07, 6.45) is -4.10. The number of carboxylic acid groups (broad SMARTS) is 1. The molecule has 0 bridgehead atoms. The number of pyridine rings is 1. The van der Waals surface area contributed by atoms with Gasteiger partial charge in [-0.3, -0.25) is 9.59 Å². The Morgan fingerprint density at radius 2 is 1.94 bits per heavy atom. The Balaban J connectivity index is 0.000000360. The zero-order valence-electron chi connectivity index (χ0n) is 17.0. The molecule has 4 rings (SSSR count). The number of para-hydroxylation sites is 1. The molecular formula is C21H20F3N3O4S. The van der Waals surface area contributed by atoms with Crippen LogP contribution in [0.2, 0.25) is 0 Å². The highest BCUT2D eigenvalue weighted by atomic mass is 32.1. The normalized spacial score (nSPS) is 13.8. The number of fused-ring (bicyclic) bond motifs is 2. The monoisotopic (exact) mass is 467 g/mol. The number of carbonyl (C=O) groups is 2. The number of H-pyrrole nitrogens is 1. The average molecular weight is 467 g/mol. The third kappa shape index (κ3) is 5.74. The summed E-state index contributed by atoms with van der Waals surface area (Å²) in [5, 5.41) is 11.0. The van der Waals surface area contributed by atoms with E-state index in [9.17, 15) is 22.8 Å². The van der Waals surface area contributed by atoms with E-state index < -0.39 is 12.1 Å². The van der Waals surface area contributed by atoms with E-state index in [1.807, 2.05) is 36.4 Å². The zero-order chi connectivity index (χ0) is 23.5. The largest absolute Gasteiger partial charge is 0.490 e. The van der Waals surface area contributed by atoms with Crippen molar-refractivity contribution in [3.8, 4) is 0 Å². The molecule has 3 aromatic rings. The van der Waals surface area contributed by atoms with Crippen molar-refractivity contribution in [2.75, 3.05) is 13.6 Å². The van der Waals surface area contributed by atoms with E-state index in [1.165, 1.54) is 10.4 Å². The topological polar surface area (TPSA) is 103 Å².